The van der Waals surface area contributed by atoms with Gasteiger partial charge in [0, 0.05) is 11.9 Å². The molecule has 0 aliphatic carbocycles. The number of rotatable bonds is 12. The second-order valence-electron chi connectivity index (χ2n) is 5.63. The summed E-state index contributed by atoms with van der Waals surface area (Å²) in [6, 6.07) is 6.97. The van der Waals surface area contributed by atoms with E-state index in [0.29, 0.717) is 6.61 Å². The smallest absolute Gasteiger partial charge is 0.182 e. The van der Waals surface area contributed by atoms with Gasteiger partial charge in [-0.2, -0.15) is 0 Å². The molecule has 1 aromatic carbocycles. The molecule has 2 nitrogen and oxygen atoms in total. The first kappa shape index (κ1) is 19.8. The molecule has 23 heavy (non-hydrogen) atoms. The van der Waals surface area contributed by atoms with Gasteiger partial charge in [0.05, 0.1) is 0 Å². The molecule has 1 aromatic rings. The van der Waals surface area contributed by atoms with E-state index in [2.05, 4.69) is 52.9 Å². The molecule has 1 N–H and O–H groups in total. The summed E-state index contributed by atoms with van der Waals surface area (Å²) in [6.07, 6.45) is 9.61. The Morgan fingerprint density at radius 1 is 1.17 bits per heavy atom. The summed E-state index contributed by atoms with van der Waals surface area (Å²) in [5.74, 6) is 0.850. The highest BCUT2D eigenvalue weighted by atomic mass is 79.9. The fourth-order valence-corrected chi connectivity index (χ4v) is 2.82. The third kappa shape index (κ3) is 8.26. The van der Waals surface area contributed by atoms with Crippen molar-refractivity contribution in [2.45, 2.75) is 51.3 Å². The molecule has 0 amide bonds. The predicted molar refractivity (Wildman–Crippen MR) is 104 cm³/mol. The standard InChI is InChI=1S/C20H30BrNO/c1-4-12-23-20(6-3)22-11-9-7-8-10-18-13-17(5-2)14-19(15-18)16-21/h4,6,13-15,22H,1,5,7-12,16H2,2-3H3/b20-6-. The number of allylic oxidation sites excluding steroid dienone is 1. The van der Waals surface area contributed by atoms with Crippen molar-refractivity contribution < 1.29 is 4.74 Å². The quantitative estimate of drug-likeness (QED) is 0.223. The van der Waals surface area contributed by atoms with Gasteiger partial charge in [-0.25, -0.2) is 0 Å². The van der Waals surface area contributed by atoms with Crippen LogP contribution in [0.25, 0.3) is 0 Å². The van der Waals surface area contributed by atoms with E-state index < -0.39 is 0 Å². The monoisotopic (exact) mass is 379 g/mol. The zero-order valence-electron chi connectivity index (χ0n) is 14.5. The molecular formula is C20H30BrNO. The Balaban J connectivity index is 2.26. The number of ether oxygens (including phenoxy) is 1. The van der Waals surface area contributed by atoms with Crippen molar-refractivity contribution in [3.05, 3.63) is 59.5 Å². The van der Waals surface area contributed by atoms with E-state index in [1.807, 2.05) is 13.0 Å². The second-order valence-corrected chi connectivity index (χ2v) is 6.20. The molecule has 128 valence electrons. The van der Waals surface area contributed by atoms with Crippen molar-refractivity contribution in [3.8, 4) is 0 Å². The maximum absolute atomic E-state index is 5.49. The number of nitrogens with one attached hydrogen (secondary N) is 1. The third-order valence-electron chi connectivity index (χ3n) is 3.74. The Bertz CT molecular complexity index is 474. The van der Waals surface area contributed by atoms with E-state index in [1.54, 1.807) is 6.08 Å². The van der Waals surface area contributed by atoms with Crippen LogP contribution < -0.4 is 5.32 Å². The minimum Gasteiger partial charge on any atom is -0.475 e. The zero-order valence-corrected chi connectivity index (χ0v) is 16.1. The number of unbranched alkanes of at least 4 members (excludes halogenated alkanes) is 2. The van der Waals surface area contributed by atoms with E-state index in [4.69, 9.17) is 4.74 Å². The molecule has 0 heterocycles. The van der Waals surface area contributed by atoms with Crippen LogP contribution in [0.4, 0.5) is 0 Å². The Labute approximate surface area is 150 Å². The van der Waals surface area contributed by atoms with Gasteiger partial charge in [0.2, 0.25) is 0 Å². The summed E-state index contributed by atoms with van der Waals surface area (Å²) in [4.78, 5) is 0. The Morgan fingerprint density at radius 3 is 2.57 bits per heavy atom. The number of benzene rings is 1. The highest BCUT2D eigenvalue weighted by Crippen LogP contribution is 2.16. The topological polar surface area (TPSA) is 21.3 Å². The van der Waals surface area contributed by atoms with Crippen molar-refractivity contribution in [2.75, 3.05) is 13.2 Å². The first-order chi connectivity index (χ1) is 11.2. The molecule has 0 unspecified atom stereocenters. The van der Waals surface area contributed by atoms with E-state index in [-0.39, 0.29) is 0 Å². The second kappa shape index (κ2) is 12.2. The van der Waals surface area contributed by atoms with Crippen LogP contribution in [0, 0.1) is 0 Å². The average molecular weight is 380 g/mol. The number of hydrogen-bond donors (Lipinski definition) is 1. The molecule has 0 saturated carbocycles. The van der Waals surface area contributed by atoms with Crippen LogP contribution in [-0.2, 0) is 22.9 Å². The fourth-order valence-electron chi connectivity index (χ4n) is 2.49. The van der Waals surface area contributed by atoms with Crippen LogP contribution in [0.5, 0.6) is 0 Å². The van der Waals surface area contributed by atoms with E-state index >= 15 is 0 Å². The van der Waals surface area contributed by atoms with Gasteiger partial charge in [0.15, 0.2) is 5.88 Å². The normalized spacial score (nSPS) is 11.3. The van der Waals surface area contributed by atoms with Crippen LogP contribution >= 0.6 is 15.9 Å². The van der Waals surface area contributed by atoms with Crippen molar-refractivity contribution in [1.29, 1.82) is 0 Å². The first-order valence-electron chi connectivity index (χ1n) is 8.55. The van der Waals surface area contributed by atoms with E-state index in [0.717, 1.165) is 37.0 Å². The minimum absolute atomic E-state index is 0.552. The summed E-state index contributed by atoms with van der Waals surface area (Å²) in [6.45, 7) is 9.36. The Kier molecular flexibility index (Phi) is 10.5. The van der Waals surface area contributed by atoms with Crippen LogP contribution in [0.2, 0.25) is 0 Å². The van der Waals surface area contributed by atoms with Crippen molar-refractivity contribution in [1.82, 2.24) is 5.32 Å². The van der Waals surface area contributed by atoms with Gasteiger partial charge in [0.25, 0.3) is 0 Å². The summed E-state index contributed by atoms with van der Waals surface area (Å²) in [5, 5.41) is 4.26. The highest BCUT2D eigenvalue weighted by molar-refractivity contribution is 9.08. The van der Waals surface area contributed by atoms with Gasteiger partial charge >= 0.3 is 0 Å². The summed E-state index contributed by atoms with van der Waals surface area (Å²) in [7, 11) is 0. The number of hydrogen-bond acceptors (Lipinski definition) is 2. The van der Waals surface area contributed by atoms with Gasteiger partial charge in [-0.15, -0.1) is 0 Å². The van der Waals surface area contributed by atoms with Gasteiger partial charge in [-0.1, -0.05) is 60.1 Å². The molecule has 3 heteroatoms. The highest BCUT2D eigenvalue weighted by Gasteiger charge is 2.01. The van der Waals surface area contributed by atoms with E-state index in [1.165, 1.54) is 29.5 Å². The lowest BCUT2D eigenvalue weighted by molar-refractivity contribution is 0.221. The van der Waals surface area contributed by atoms with Crippen LogP contribution in [0.3, 0.4) is 0 Å². The average Bonchev–Trinajstić information content (AvgIpc) is 2.60. The van der Waals surface area contributed by atoms with E-state index in [9.17, 15) is 0 Å². The van der Waals surface area contributed by atoms with Crippen LogP contribution in [0.1, 0.15) is 49.8 Å². The maximum Gasteiger partial charge on any atom is 0.182 e. The molecule has 0 spiro atoms. The van der Waals surface area contributed by atoms with Gasteiger partial charge in [-0.3, -0.25) is 0 Å². The SMILES string of the molecule is C=CCO/C(=C\C)NCCCCCc1cc(CC)cc(CBr)c1. The lowest BCUT2D eigenvalue weighted by atomic mass is 10.0. The summed E-state index contributed by atoms with van der Waals surface area (Å²) in [5.41, 5.74) is 4.30. The van der Waals surface area contributed by atoms with Gasteiger partial charge < -0.3 is 10.1 Å². The van der Waals surface area contributed by atoms with Crippen molar-refractivity contribution >= 4 is 15.9 Å². The lowest BCUT2D eigenvalue weighted by Gasteiger charge is -2.11. The van der Waals surface area contributed by atoms with Crippen molar-refractivity contribution in [2.24, 2.45) is 0 Å². The number of alkyl halides is 1. The molecule has 0 atom stereocenters. The lowest BCUT2D eigenvalue weighted by Crippen LogP contribution is -2.17. The van der Waals surface area contributed by atoms with Crippen LogP contribution in [0.15, 0.2) is 42.8 Å². The van der Waals surface area contributed by atoms with Gasteiger partial charge in [-0.05, 0) is 55.4 Å². The summed E-state index contributed by atoms with van der Waals surface area (Å²) < 4.78 is 5.49. The molecule has 0 bridgehead atoms. The molecule has 1 rings (SSSR count). The number of halogens is 1. The Hall–Kier alpha value is -1.22. The summed E-state index contributed by atoms with van der Waals surface area (Å²) >= 11 is 3.56. The van der Waals surface area contributed by atoms with Gasteiger partial charge in [0.1, 0.15) is 6.61 Å². The minimum atomic E-state index is 0.552. The third-order valence-corrected chi connectivity index (χ3v) is 4.38. The predicted octanol–water partition coefficient (Wildman–Crippen LogP) is 5.51. The Morgan fingerprint density at radius 2 is 1.91 bits per heavy atom. The van der Waals surface area contributed by atoms with Crippen molar-refractivity contribution in [3.63, 3.8) is 0 Å². The first-order valence-corrected chi connectivity index (χ1v) is 9.67. The largest absolute Gasteiger partial charge is 0.475 e. The number of aryl methyl sites for hydroxylation is 2. The molecule has 0 radical (unpaired) electrons. The fraction of sp³-hybridized carbons (Fsp3) is 0.500. The molecule has 0 aromatic heterocycles. The molecule has 0 aliphatic heterocycles. The molecule has 0 aliphatic rings. The van der Waals surface area contributed by atoms with Crippen LogP contribution in [-0.4, -0.2) is 13.2 Å². The zero-order chi connectivity index (χ0) is 16.9. The molecule has 0 fully saturated rings. The maximum atomic E-state index is 5.49. The molecular weight excluding hydrogens is 350 g/mol. The molecule has 0 saturated heterocycles.